The molecule has 1 aromatic carbocycles. The zero-order chi connectivity index (χ0) is 19.3. The SMILES string of the molecule is CN1CCN(CC(=O)N2CCN(c3ccc(OC4CCNC4)cc3)CC2)CC1. The van der Waals surface area contributed by atoms with Crippen molar-refractivity contribution in [3.05, 3.63) is 24.3 Å². The van der Waals surface area contributed by atoms with Gasteiger partial charge >= 0.3 is 0 Å². The number of nitrogens with zero attached hydrogens (tertiary/aromatic N) is 4. The minimum atomic E-state index is 0.276. The maximum atomic E-state index is 12.6. The van der Waals surface area contributed by atoms with Gasteiger partial charge in [0.15, 0.2) is 0 Å². The molecule has 0 radical (unpaired) electrons. The summed E-state index contributed by atoms with van der Waals surface area (Å²) in [5.74, 6) is 1.22. The van der Waals surface area contributed by atoms with Gasteiger partial charge in [0.2, 0.25) is 5.91 Å². The minimum absolute atomic E-state index is 0.276. The van der Waals surface area contributed by atoms with Crippen LogP contribution in [0.5, 0.6) is 5.75 Å². The van der Waals surface area contributed by atoms with Gasteiger partial charge in [-0.1, -0.05) is 0 Å². The molecule has 7 heteroatoms. The predicted molar refractivity (Wildman–Crippen MR) is 111 cm³/mol. The number of rotatable bonds is 5. The molecule has 1 atom stereocenters. The molecule has 154 valence electrons. The maximum Gasteiger partial charge on any atom is 0.236 e. The number of nitrogens with one attached hydrogen (secondary N) is 1. The molecule has 1 unspecified atom stereocenters. The molecule has 0 aliphatic carbocycles. The van der Waals surface area contributed by atoms with Crippen LogP contribution in [0.4, 0.5) is 5.69 Å². The molecule has 3 fully saturated rings. The molecule has 4 rings (SSSR count). The number of amides is 1. The van der Waals surface area contributed by atoms with Crippen LogP contribution < -0.4 is 15.0 Å². The number of piperazine rings is 2. The summed E-state index contributed by atoms with van der Waals surface area (Å²) in [7, 11) is 2.14. The molecular weight excluding hydrogens is 354 g/mol. The van der Waals surface area contributed by atoms with E-state index in [1.54, 1.807) is 0 Å². The van der Waals surface area contributed by atoms with E-state index in [0.29, 0.717) is 12.6 Å². The van der Waals surface area contributed by atoms with E-state index in [1.165, 1.54) is 5.69 Å². The monoisotopic (exact) mass is 387 g/mol. The highest BCUT2D eigenvalue weighted by Crippen LogP contribution is 2.22. The van der Waals surface area contributed by atoms with E-state index in [4.69, 9.17) is 4.74 Å². The predicted octanol–water partition coefficient (Wildman–Crippen LogP) is 0.323. The standard InChI is InChI=1S/C21H33N5O2/c1-23-8-10-24(11-9-23)17-21(27)26-14-12-25(13-15-26)18-2-4-19(5-3-18)28-20-6-7-22-16-20/h2-5,20,22H,6-17H2,1H3. The number of likely N-dealkylation sites (N-methyl/N-ethyl adjacent to an activating group) is 1. The Morgan fingerprint density at radius 1 is 1.04 bits per heavy atom. The lowest BCUT2D eigenvalue weighted by molar-refractivity contribution is -0.133. The average Bonchev–Trinajstić information content (AvgIpc) is 3.23. The lowest BCUT2D eigenvalue weighted by Crippen LogP contribution is -2.53. The molecule has 1 amide bonds. The lowest BCUT2D eigenvalue weighted by Gasteiger charge is -2.38. The summed E-state index contributed by atoms with van der Waals surface area (Å²) in [6.07, 6.45) is 1.37. The van der Waals surface area contributed by atoms with Crippen molar-refractivity contribution >= 4 is 11.6 Å². The van der Waals surface area contributed by atoms with Gasteiger partial charge in [-0.2, -0.15) is 0 Å². The summed E-state index contributed by atoms with van der Waals surface area (Å²) in [6, 6.07) is 8.41. The first-order valence-electron chi connectivity index (χ1n) is 10.6. The fourth-order valence-electron chi connectivity index (χ4n) is 4.17. The van der Waals surface area contributed by atoms with Crippen molar-refractivity contribution in [3.63, 3.8) is 0 Å². The Kier molecular flexibility index (Phi) is 6.34. The van der Waals surface area contributed by atoms with Crippen LogP contribution in [0.2, 0.25) is 0 Å². The molecule has 1 aromatic rings. The summed E-state index contributed by atoms with van der Waals surface area (Å²) in [4.78, 5) is 21.6. The van der Waals surface area contributed by atoms with Gasteiger partial charge in [0.25, 0.3) is 0 Å². The quantitative estimate of drug-likeness (QED) is 0.786. The van der Waals surface area contributed by atoms with E-state index < -0.39 is 0 Å². The van der Waals surface area contributed by atoms with Gasteiger partial charge in [0, 0.05) is 64.6 Å². The van der Waals surface area contributed by atoms with E-state index in [2.05, 4.69) is 51.3 Å². The van der Waals surface area contributed by atoms with Gasteiger partial charge in [-0.3, -0.25) is 9.69 Å². The van der Waals surface area contributed by atoms with Crippen LogP contribution in [-0.4, -0.2) is 106 Å². The molecule has 0 aromatic heterocycles. The smallest absolute Gasteiger partial charge is 0.236 e. The van der Waals surface area contributed by atoms with Gasteiger partial charge < -0.3 is 24.8 Å². The van der Waals surface area contributed by atoms with Gasteiger partial charge in [-0.05, 0) is 44.3 Å². The third-order valence-electron chi connectivity index (χ3n) is 6.11. The molecule has 0 spiro atoms. The first-order valence-corrected chi connectivity index (χ1v) is 10.6. The Morgan fingerprint density at radius 2 is 1.75 bits per heavy atom. The molecule has 3 heterocycles. The molecule has 3 saturated heterocycles. The van der Waals surface area contributed by atoms with Crippen LogP contribution in [0.3, 0.4) is 0 Å². The second-order valence-electron chi connectivity index (χ2n) is 8.17. The third-order valence-corrected chi connectivity index (χ3v) is 6.11. The van der Waals surface area contributed by atoms with E-state index in [9.17, 15) is 4.79 Å². The summed E-state index contributed by atoms with van der Waals surface area (Å²) in [5, 5.41) is 3.33. The van der Waals surface area contributed by atoms with Crippen molar-refractivity contribution in [3.8, 4) is 5.75 Å². The van der Waals surface area contributed by atoms with Crippen LogP contribution in [0.1, 0.15) is 6.42 Å². The van der Waals surface area contributed by atoms with Gasteiger partial charge in [0.05, 0.1) is 6.54 Å². The van der Waals surface area contributed by atoms with Crippen molar-refractivity contribution in [2.75, 3.05) is 83.9 Å². The van der Waals surface area contributed by atoms with E-state index in [1.807, 2.05) is 4.90 Å². The molecule has 3 aliphatic heterocycles. The molecule has 0 saturated carbocycles. The Hall–Kier alpha value is -1.83. The summed E-state index contributed by atoms with van der Waals surface area (Å²) >= 11 is 0. The fourth-order valence-corrected chi connectivity index (χ4v) is 4.17. The summed E-state index contributed by atoms with van der Waals surface area (Å²) in [5.41, 5.74) is 1.21. The zero-order valence-corrected chi connectivity index (χ0v) is 17.0. The van der Waals surface area contributed by atoms with Crippen molar-refractivity contribution in [2.45, 2.75) is 12.5 Å². The Morgan fingerprint density at radius 3 is 2.39 bits per heavy atom. The van der Waals surface area contributed by atoms with Crippen molar-refractivity contribution < 1.29 is 9.53 Å². The van der Waals surface area contributed by atoms with Gasteiger partial charge in [-0.15, -0.1) is 0 Å². The van der Waals surface area contributed by atoms with Crippen molar-refractivity contribution in [1.29, 1.82) is 0 Å². The fraction of sp³-hybridized carbons (Fsp3) is 0.667. The lowest BCUT2D eigenvalue weighted by atomic mass is 10.2. The number of anilines is 1. The van der Waals surface area contributed by atoms with E-state index in [0.717, 1.165) is 77.6 Å². The molecule has 28 heavy (non-hydrogen) atoms. The second kappa shape index (κ2) is 9.11. The van der Waals surface area contributed by atoms with Crippen LogP contribution in [0.15, 0.2) is 24.3 Å². The topological polar surface area (TPSA) is 51.3 Å². The van der Waals surface area contributed by atoms with Crippen molar-refractivity contribution in [1.82, 2.24) is 20.0 Å². The highest BCUT2D eigenvalue weighted by atomic mass is 16.5. The number of carbonyl (C=O) groups excluding carboxylic acids is 1. The van der Waals surface area contributed by atoms with Crippen LogP contribution in [0.25, 0.3) is 0 Å². The third kappa shape index (κ3) is 4.96. The largest absolute Gasteiger partial charge is 0.489 e. The van der Waals surface area contributed by atoms with Crippen LogP contribution in [0, 0.1) is 0 Å². The highest BCUT2D eigenvalue weighted by molar-refractivity contribution is 5.78. The van der Waals surface area contributed by atoms with Gasteiger partial charge in [-0.25, -0.2) is 0 Å². The number of carbonyl (C=O) groups is 1. The van der Waals surface area contributed by atoms with Gasteiger partial charge in [0.1, 0.15) is 11.9 Å². The maximum absolute atomic E-state index is 12.6. The molecule has 7 nitrogen and oxygen atoms in total. The Labute approximate surface area is 168 Å². The molecule has 3 aliphatic rings. The van der Waals surface area contributed by atoms with Crippen molar-refractivity contribution in [2.24, 2.45) is 0 Å². The Bertz CT molecular complexity index is 631. The normalized spacial score (nSPS) is 24.5. The highest BCUT2D eigenvalue weighted by Gasteiger charge is 2.24. The second-order valence-corrected chi connectivity index (χ2v) is 8.17. The first-order chi connectivity index (χ1) is 13.7. The first kappa shape index (κ1) is 19.5. The molecule has 0 bridgehead atoms. The average molecular weight is 388 g/mol. The zero-order valence-electron chi connectivity index (χ0n) is 17.0. The van der Waals surface area contributed by atoms with Crippen LogP contribution in [-0.2, 0) is 4.79 Å². The molecular formula is C21H33N5O2. The minimum Gasteiger partial charge on any atom is -0.489 e. The van der Waals surface area contributed by atoms with E-state index in [-0.39, 0.29) is 5.91 Å². The number of ether oxygens (including phenoxy) is 1. The summed E-state index contributed by atoms with van der Waals surface area (Å²) < 4.78 is 6.00. The number of hydrogen-bond acceptors (Lipinski definition) is 6. The van der Waals surface area contributed by atoms with Crippen LogP contribution >= 0.6 is 0 Å². The summed E-state index contributed by atoms with van der Waals surface area (Å²) in [6.45, 7) is 10.0. The van der Waals surface area contributed by atoms with E-state index >= 15 is 0 Å². The number of hydrogen-bond donors (Lipinski definition) is 1. The number of benzene rings is 1. The Balaban J connectivity index is 1.22. The molecule has 1 N–H and O–H groups in total.